The average molecular weight is 380 g/mol. The van der Waals surface area contributed by atoms with Crippen molar-refractivity contribution in [3.8, 4) is 0 Å². The molecule has 0 unspecified atom stereocenters. The molecule has 5 nitrogen and oxygen atoms in total. The highest BCUT2D eigenvalue weighted by Crippen LogP contribution is 2.21. The predicted molar refractivity (Wildman–Crippen MR) is 99.3 cm³/mol. The molecule has 1 aliphatic heterocycles. The molecule has 1 N–H and O–H groups in total. The first kappa shape index (κ1) is 18.0. The molecule has 1 aromatic heterocycles. The van der Waals surface area contributed by atoms with Gasteiger partial charge in [0.05, 0.1) is 19.6 Å². The Bertz CT molecular complexity index is 749. The van der Waals surface area contributed by atoms with Gasteiger partial charge in [0.1, 0.15) is 5.82 Å². The number of morpholine rings is 1. The summed E-state index contributed by atoms with van der Waals surface area (Å²) in [6, 6.07) is 9.05. The number of anilines is 1. The average Bonchev–Trinajstić information content (AvgIpc) is 2.63. The van der Waals surface area contributed by atoms with Gasteiger partial charge in [-0.25, -0.2) is 4.98 Å². The Morgan fingerprint density at radius 2 is 2.00 bits per heavy atom. The number of carbonyl (C=O) groups is 1. The summed E-state index contributed by atoms with van der Waals surface area (Å²) in [5, 5.41) is 3.98. The summed E-state index contributed by atoms with van der Waals surface area (Å²) in [5.74, 6) is 0.824. The van der Waals surface area contributed by atoms with Crippen LogP contribution in [-0.2, 0) is 22.5 Å². The first-order chi connectivity index (χ1) is 12.1. The fourth-order valence-electron chi connectivity index (χ4n) is 2.64. The minimum Gasteiger partial charge on any atom is -0.378 e. The summed E-state index contributed by atoms with van der Waals surface area (Å²) in [5.41, 5.74) is 1.76. The number of carbonyl (C=O) groups excluding carboxylic acids is 1. The fourth-order valence-corrected chi connectivity index (χ4v) is 3.11. The molecule has 2 aromatic rings. The van der Waals surface area contributed by atoms with Crippen molar-refractivity contribution >= 4 is 34.9 Å². The number of nitrogens with zero attached hydrogens (tertiary/aromatic N) is 2. The number of hydrogen-bond donors (Lipinski definition) is 1. The Hall–Kier alpha value is -1.82. The van der Waals surface area contributed by atoms with E-state index < -0.39 is 0 Å². The Labute approximate surface area is 156 Å². The molecular formula is C18H19Cl2N3O2. The van der Waals surface area contributed by atoms with E-state index in [4.69, 9.17) is 27.9 Å². The van der Waals surface area contributed by atoms with Crippen molar-refractivity contribution in [1.82, 2.24) is 10.3 Å². The largest absolute Gasteiger partial charge is 0.378 e. The van der Waals surface area contributed by atoms with E-state index in [2.05, 4.69) is 15.2 Å². The van der Waals surface area contributed by atoms with Gasteiger partial charge in [0.15, 0.2) is 0 Å². The summed E-state index contributed by atoms with van der Waals surface area (Å²) in [4.78, 5) is 18.8. The second-order valence-corrected chi connectivity index (χ2v) is 6.65. The maximum atomic E-state index is 12.2. The van der Waals surface area contributed by atoms with E-state index in [-0.39, 0.29) is 12.3 Å². The molecule has 0 saturated carbocycles. The summed E-state index contributed by atoms with van der Waals surface area (Å²) >= 11 is 12.0. The van der Waals surface area contributed by atoms with E-state index in [9.17, 15) is 4.79 Å². The molecule has 0 atom stereocenters. The Morgan fingerprint density at radius 1 is 1.20 bits per heavy atom. The second kappa shape index (κ2) is 8.52. The molecule has 0 aliphatic carbocycles. The molecule has 2 heterocycles. The van der Waals surface area contributed by atoms with E-state index >= 15 is 0 Å². The van der Waals surface area contributed by atoms with Crippen molar-refractivity contribution in [2.45, 2.75) is 13.0 Å². The quantitative estimate of drug-likeness (QED) is 0.866. The van der Waals surface area contributed by atoms with Crippen molar-refractivity contribution in [2.24, 2.45) is 0 Å². The van der Waals surface area contributed by atoms with Crippen molar-refractivity contribution in [2.75, 3.05) is 31.2 Å². The molecule has 1 aliphatic rings. The molecule has 0 bridgehead atoms. The number of amides is 1. The number of pyridine rings is 1. The zero-order chi connectivity index (χ0) is 17.6. The van der Waals surface area contributed by atoms with Crippen molar-refractivity contribution in [3.05, 3.63) is 57.7 Å². The highest BCUT2D eigenvalue weighted by atomic mass is 35.5. The van der Waals surface area contributed by atoms with Gasteiger partial charge in [-0.1, -0.05) is 29.3 Å². The van der Waals surface area contributed by atoms with E-state index in [1.165, 1.54) is 0 Å². The lowest BCUT2D eigenvalue weighted by molar-refractivity contribution is -0.120. The number of nitrogens with one attached hydrogen (secondary N) is 1. The number of halogens is 2. The normalized spacial score (nSPS) is 14.4. The summed E-state index contributed by atoms with van der Waals surface area (Å²) in [6.07, 6.45) is 1.99. The molecule has 7 heteroatoms. The minimum atomic E-state index is -0.0889. The number of hydrogen-bond acceptors (Lipinski definition) is 4. The van der Waals surface area contributed by atoms with Crippen LogP contribution < -0.4 is 10.2 Å². The topological polar surface area (TPSA) is 54.5 Å². The maximum Gasteiger partial charge on any atom is 0.224 e. The van der Waals surface area contributed by atoms with E-state index in [0.717, 1.165) is 30.0 Å². The SMILES string of the molecule is O=C(Cc1ccc(Cl)cc1Cl)NCc1ccnc(N2CCOCC2)c1. The molecule has 1 aromatic carbocycles. The Kier molecular flexibility index (Phi) is 6.13. The standard InChI is InChI=1S/C18H19Cl2N3O2/c19-15-2-1-14(16(20)11-15)10-18(24)22-12-13-3-4-21-17(9-13)23-5-7-25-8-6-23/h1-4,9,11H,5-8,10,12H2,(H,22,24). The number of ether oxygens (including phenoxy) is 1. The first-order valence-corrected chi connectivity index (χ1v) is 8.85. The van der Waals surface area contributed by atoms with Gasteiger partial charge in [0.25, 0.3) is 0 Å². The van der Waals surface area contributed by atoms with Gasteiger partial charge >= 0.3 is 0 Å². The number of benzene rings is 1. The predicted octanol–water partition coefficient (Wildman–Crippen LogP) is 3.08. The highest BCUT2D eigenvalue weighted by Gasteiger charge is 2.13. The molecule has 1 saturated heterocycles. The summed E-state index contributed by atoms with van der Waals surface area (Å²) < 4.78 is 5.36. The van der Waals surface area contributed by atoms with E-state index in [1.807, 2.05) is 12.1 Å². The molecule has 25 heavy (non-hydrogen) atoms. The third-order valence-electron chi connectivity index (χ3n) is 4.00. The van der Waals surface area contributed by atoms with Gasteiger partial charge < -0.3 is 15.0 Å². The Balaban J connectivity index is 1.56. The molecular weight excluding hydrogens is 361 g/mol. The molecule has 1 fully saturated rings. The van der Waals surface area contributed by atoms with Gasteiger partial charge in [-0.3, -0.25) is 4.79 Å². The second-order valence-electron chi connectivity index (χ2n) is 5.81. The lowest BCUT2D eigenvalue weighted by atomic mass is 10.1. The van der Waals surface area contributed by atoms with Gasteiger partial charge in [0, 0.05) is 35.9 Å². The molecule has 3 rings (SSSR count). The molecule has 0 radical (unpaired) electrons. The van der Waals surface area contributed by atoms with Crippen LogP contribution in [0, 0.1) is 0 Å². The van der Waals surface area contributed by atoms with E-state index in [1.54, 1.807) is 24.4 Å². The van der Waals surface area contributed by atoms with Gasteiger partial charge in [0.2, 0.25) is 5.91 Å². The smallest absolute Gasteiger partial charge is 0.224 e. The van der Waals surface area contributed by atoms with E-state index in [0.29, 0.717) is 29.8 Å². The third kappa shape index (κ3) is 5.08. The molecule has 1 amide bonds. The van der Waals surface area contributed by atoms with Crippen LogP contribution in [0.2, 0.25) is 10.0 Å². The third-order valence-corrected chi connectivity index (χ3v) is 4.59. The maximum absolute atomic E-state index is 12.2. The van der Waals surface area contributed by atoms with Crippen molar-refractivity contribution in [3.63, 3.8) is 0 Å². The van der Waals surface area contributed by atoms with Crippen LogP contribution in [0.5, 0.6) is 0 Å². The van der Waals surface area contributed by atoms with Gasteiger partial charge in [-0.05, 0) is 35.4 Å². The molecule has 0 spiro atoms. The summed E-state index contributed by atoms with van der Waals surface area (Å²) in [7, 11) is 0. The van der Waals surface area contributed by atoms with Crippen LogP contribution in [0.4, 0.5) is 5.82 Å². The number of rotatable bonds is 5. The van der Waals surface area contributed by atoms with Crippen molar-refractivity contribution in [1.29, 1.82) is 0 Å². The Morgan fingerprint density at radius 3 is 2.76 bits per heavy atom. The lowest BCUT2D eigenvalue weighted by Crippen LogP contribution is -2.36. The van der Waals surface area contributed by atoms with Crippen molar-refractivity contribution < 1.29 is 9.53 Å². The molecule has 132 valence electrons. The zero-order valence-corrected chi connectivity index (χ0v) is 15.2. The highest BCUT2D eigenvalue weighted by molar-refractivity contribution is 6.35. The van der Waals surface area contributed by atoms with Crippen LogP contribution in [-0.4, -0.2) is 37.2 Å². The minimum absolute atomic E-state index is 0.0889. The van der Waals surface area contributed by atoms with Gasteiger partial charge in [-0.2, -0.15) is 0 Å². The number of aromatic nitrogens is 1. The van der Waals surface area contributed by atoms with Crippen LogP contribution in [0.3, 0.4) is 0 Å². The summed E-state index contributed by atoms with van der Waals surface area (Å²) in [6.45, 7) is 3.54. The monoisotopic (exact) mass is 379 g/mol. The van der Waals surface area contributed by atoms with Crippen LogP contribution >= 0.6 is 23.2 Å². The fraction of sp³-hybridized carbons (Fsp3) is 0.333. The van der Waals surface area contributed by atoms with Crippen LogP contribution in [0.25, 0.3) is 0 Å². The zero-order valence-electron chi connectivity index (χ0n) is 13.7. The van der Waals surface area contributed by atoms with Crippen LogP contribution in [0.1, 0.15) is 11.1 Å². The van der Waals surface area contributed by atoms with Gasteiger partial charge in [-0.15, -0.1) is 0 Å². The first-order valence-electron chi connectivity index (χ1n) is 8.10. The lowest BCUT2D eigenvalue weighted by Gasteiger charge is -2.28. The van der Waals surface area contributed by atoms with Crippen LogP contribution in [0.15, 0.2) is 36.5 Å².